The van der Waals surface area contributed by atoms with Gasteiger partial charge in [-0.05, 0) is 12.1 Å². The number of rotatable bonds is 8. The first-order valence-corrected chi connectivity index (χ1v) is 5.77. The summed E-state index contributed by atoms with van der Waals surface area (Å²) in [6.45, 7) is 1.92. The fourth-order valence-corrected chi connectivity index (χ4v) is 1.48. The average Bonchev–Trinajstić information content (AvgIpc) is 2.33. The third kappa shape index (κ3) is 4.87. The molecule has 0 bridgehead atoms. The Balaban J connectivity index is 2.45. The van der Waals surface area contributed by atoms with Crippen LogP contribution in [0.2, 0.25) is 5.02 Å². The molecule has 0 spiro atoms. The van der Waals surface area contributed by atoms with E-state index < -0.39 is 4.92 Å². The van der Waals surface area contributed by atoms with Crippen LogP contribution in [0.15, 0.2) is 18.2 Å². The van der Waals surface area contributed by atoms with Gasteiger partial charge in [-0.25, -0.2) is 0 Å². The van der Waals surface area contributed by atoms with Crippen LogP contribution in [0.4, 0.5) is 11.4 Å². The minimum atomic E-state index is -0.454. The van der Waals surface area contributed by atoms with E-state index in [1.807, 2.05) is 0 Å². The standard InChI is InChI=1S/C11H15ClN2O4/c1-17-6-7-18-5-4-13-10-8-9(12)2-3-11(10)14(15)16/h2-3,8,13H,4-7H2,1H3. The lowest BCUT2D eigenvalue weighted by Gasteiger charge is -2.08. The van der Waals surface area contributed by atoms with Crippen LogP contribution in [-0.2, 0) is 9.47 Å². The van der Waals surface area contributed by atoms with E-state index in [0.29, 0.717) is 37.1 Å². The van der Waals surface area contributed by atoms with E-state index in [1.165, 1.54) is 18.2 Å². The molecule has 0 aliphatic rings. The molecular formula is C11H15ClN2O4. The third-order valence-electron chi connectivity index (χ3n) is 2.15. The molecule has 0 heterocycles. The Kier molecular flexibility index (Phi) is 6.42. The van der Waals surface area contributed by atoms with Crippen LogP contribution in [0.5, 0.6) is 0 Å². The quantitative estimate of drug-likeness (QED) is 0.447. The molecule has 7 heteroatoms. The highest BCUT2D eigenvalue weighted by molar-refractivity contribution is 6.31. The number of methoxy groups -OCH3 is 1. The van der Waals surface area contributed by atoms with Crippen molar-refractivity contribution in [3.05, 3.63) is 33.3 Å². The van der Waals surface area contributed by atoms with Crippen LogP contribution < -0.4 is 5.32 Å². The van der Waals surface area contributed by atoms with Crippen molar-refractivity contribution in [2.75, 3.05) is 38.8 Å². The van der Waals surface area contributed by atoms with Gasteiger partial charge in [0.25, 0.3) is 5.69 Å². The van der Waals surface area contributed by atoms with Gasteiger partial charge in [0, 0.05) is 24.7 Å². The number of hydrogen-bond donors (Lipinski definition) is 1. The first kappa shape index (κ1) is 14.7. The zero-order chi connectivity index (χ0) is 13.4. The number of anilines is 1. The Morgan fingerprint density at radius 3 is 2.83 bits per heavy atom. The average molecular weight is 275 g/mol. The summed E-state index contributed by atoms with van der Waals surface area (Å²) in [7, 11) is 1.59. The molecule has 0 fully saturated rings. The number of hydrogen-bond acceptors (Lipinski definition) is 5. The van der Waals surface area contributed by atoms with Gasteiger partial charge in [-0.15, -0.1) is 0 Å². The topological polar surface area (TPSA) is 73.6 Å². The lowest BCUT2D eigenvalue weighted by atomic mass is 10.2. The van der Waals surface area contributed by atoms with E-state index >= 15 is 0 Å². The Morgan fingerprint density at radius 1 is 1.39 bits per heavy atom. The van der Waals surface area contributed by atoms with Crippen molar-refractivity contribution in [3.63, 3.8) is 0 Å². The Morgan fingerprint density at radius 2 is 2.17 bits per heavy atom. The zero-order valence-electron chi connectivity index (χ0n) is 10.0. The van der Waals surface area contributed by atoms with Crippen molar-refractivity contribution in [1.82, 2.24) is 0 Å². The van der Waals surface area contributed by atoms with Crippen molar-refractivity contribution in [1.29, 1.82) is 0 Å². The maximum absolute atomic E-state index is 10.8. The molecule has 0 saturated heterocycles. The maximum Gasteiger partial charge on any atom is 0.292 e. The molecule has 0 radical (unpaired) electrons. The van der Waals surface area contributed by atoms with Crippen molar-refractivity contribution in [3.8, 4) is 0 Å². The van der Waals surface area contributed by atoms with Crippen LogP contribution in [0, 0.1) is 10.1 Å². The normalized spacial score (nSPS) is 10.3. The molecule has 1 N–H and O–H groups in total. The van der Waals surface area contributed by atoms with Crippen molar-refractivity contribution in [2.45, 2.75) is 0 Å². The Bertz CT molecular complexity index is 401. The number of nitrogens with one attached hydrogen (secondary N) is 1. The van der Waals surface area contributed by atoms with E-state index in [4.69, 9.17) is 21.1 Å². The highest BCUT2D eigenvalue weighted by Gasteiger charge is 2.13. The molecule has 1 rings (SSSR count). The van der Waals surface area contributed by atoms with Gasteiger partial charge in [0.15, 0.2) is 0 Å². The van der Waals surface area contributed by atoms with Gasteiger partial charge < -0.3 is 14.8 Å². The smallest absolute Gasteiger partial charge is 0.292 e. The van der Waals surface area contributed by atoms with Crippen molar-refractivity contribution < 1.29 is 14.4 Å². The van der Waals surface area contributed by atoms with Crippen LogP contribution in [0.1, 0.15) is 0 Å². The molecule has 0 aliphatic carbocycles. The molecule has 1 aromatic rings. The van der Waals surface area contributed by atoms with E-state index in [-0.39, 0.29) is 5.69 Å². The number of nitro groups is 1. The molecule has 18 heavy (non-hydrogen) atoms. The van der Waals surface area contributed by atoms with Crippen molar-refractivity contribution in [2.24, 2.45) is 0 Å². The molecule has 0 saturated carbocycles. The van der Waals surface area contributed by atoms with Gasteiger partial charge in [0.1, 0.15) is 5.69 Å². The van der Waals surface area contributed by atoms with Crippen molar-refractivity contribution >= 4 is 23.0 Å². The second-order valence-corrected chi connectivity index (χ2v) is 3.89. The number of benzene rings is 1. The van der Waals surface area contributed by atoms with Gasteiger partial charge in [-0.2, -0.15) is 0 Å². The minimum Gasteiger partial charge on any atom is -0.382 e. The van der Waals surface area contributed by atoms with Gasteiger partial charge >= 0.3 is 0 Å². The van der Waals surface area contributed by atoms with Crippen LogP contribution in [-0.4, -0.2) is 38.4 Å². The van der Waals surface area contributed by atoms with Crippen LogP contribution >= 0.6 is 11.6 Å². The summed E-state index contributed by atoms with van der Waals surface area (Å²) >= 11 is 5.79. The van der Waals surface area contributed by atoms with E-state index in [0.717, 1.165) is 0 Å². The van der Waals surface area contributed by atoms with Gasteiger partial charge in [-0.3, -0.25) is 10.1 Å². The summed E-state index contributed by atoms with van der Waals surface area (Å²) in [5, 5.41) is 14.1. The summed E-state index contributed by atoms with van der Waals surface area (Å²) in [6.07, 6.45) is 0. The number of ether oxygens (including phenoxy) is 2. The van der Waals surface area contributed by atoms with E-state index in [1.54, 1.807) is 7.11 Å². The molecule has 0 unspecified atom stereocenters. The largest absolute Gasteiger partial charge is 0.382 e. The predicted octanol–water partition coefficient (Wildman–Crippen LogP) is 2.32. The summed E-state index contributed by atoms with van der Waals surface area (Å²) in [6, 6.07) is 4.38. The minimum absolute atomic E-state index is 0.00343. The van der Waals surface area contributed by atoms with Gasteiger partial charge in [0.2, 0.25) is 0 Å². The lowest BCUT2D eigenvalue weighted by Crippen LogP contribution is -2.12. The highest BCUT2D eigenvalue weighted by Crippen LogP contribution is 2.27. The third-order valence-corrected chi connectivity index (χ3v) is 2.38. The summed E-state index contributed by atoms with van der Waals surface area (Å²) < 4.78 is 10.1. The second kappa shape index (κ2) is 7.86. The van der Waals surface area contributed by atoms with Crippen LogP contribution in [0.3, 0.4) is 0 Å². The molecular weight excluding hydrogens is 260 g/mol. The fraction of sp³-hybridized carbons (Fsp3) is 0.455. The molecule has 6 nitrogen and oxygen atoms in total. The molecule has 1 aromatic carbocycles. The number of nitrogens with zero attached hydrogens (tertiary/aromatic N) is 1. The van der Waals surface area contributed by atoms with E-state index in [2.05, 4.69) is 5.32 Å². The second-order valence-electron chi connectivity index (χ2n) is 3.45. The first-order valence-electron chi connectivity index (χ1n) is 5.39. The maximum atomic E-state index is 10.8. The lowest BCUT2D eigenvalue weighted by molar-refractivity contribution is -0.384. The van der Waals surface area contributed by atoms with Crippen LogP contribution in [0.25, 0.3) is 0 Å². The molecule has 100 valence electrons. The fourth-order valence-electron chi connectivity index (χ4n) is 1.31. The molecule has 0 aromatic heterocycles. The van der Waals surface area contributed by atoms with E-state index in [9.17, 15) is 10.1 Å². The molecule has 0 atom stereocenters. The number of nitro benzene ring substituents is 1. The van der Waals surface area contributed by atoms with Gasteiger partial charge in [-0.1, -0.05) is 11.6 Å². The highest BCUT2D eigenvalue weighted by atomic mass is 35.5. The number of halogens is 1. The molecule has 0 aliphatic heterocycles. The summed E-state index contributed by atoms with van der Waals surface area (Å²) in [5.41, 5.74) is 0.388. The van der Waals surface area contributed by atoms with Gasteiger partial charge in [0.05, 0.1) is 24.7 Å². The Labute approximate surface area is 110 Å². The summed E-state index contributed by atoms with van der Waals surface area (Å²) in [5.74, 6) is 0. The Hall–Kier alpha value is -1.37. The summed E-state index contributed by atoms with van der Waals surface area (Å²) in [4.78, 5) is 10.3. The molecule has 0 amide bonds. The SMILES string of the molecule is COCCOCCNc1cc(Cl)ccc1[N+](=O)[O-]. The monoisotopic (exact) mass is 274 g/mol. The zero-order valence-corrected chi connectivity index (χ0v) is 10.8. The predicted molar refractivity (Wildman–Crippen MR) is 69.3 cm³/mol. The first-order chi connectivity index (χ1) is 8.65.